The molecule has 1 aromatic rings. The lowest BCUT2D eigenvalue weighted by Crippen LogP contribution is -2.08. The lowest BCUT2D eigenvalue weighted by molar-refractivity contribution is 0.146. The fourth-order valence-corrected chi connectivity index (χ4v) is 1.78. The van der Waals surface area contributed by atoms with E-state index in [1.54, 1.807) is 7.11 Å². The Hall–Kier alpha value is -1.02. The summed E-state index contributed by atoms with van der Waals surface area (Å²) in [6.07, 6.45) is 1.71. The van der Waals surface area contributed by atoms with Crippen LogP contribution in [0.1, 0.15) is 24.0 Å². The minimum atomic E-state index is -0.601. The molecule has 0 aromatic heterocycles. The van der Waals surface area contributed by atoms with Gasteiger partial charge in [-0.05, 0) is 31.4 Å². The largest absolute Gasteiger partial charge is 0.496 e. The molecular formula is C11H14O2. The predicted octanol–water partition coefficient (Wildman–Crippen LogP) is 1.99. The number of hydrogen-bond acceptors (Lipinski definition) is 2. The van der Waals surface area contributed by atoms with Crippen LogP contribution in [0.15, 0.2) is 18.2 Å². The zero-order valence-electron chi connectivity index (χ0n) is 8.00. The van der Waals surface area contributed by atoms with Crippen molar-refractivity contribution < 1.29 is 9.84 Å². The van der Waals surface area contributed by atoms with Crippen LogP contribution in [0.5, 0.6) is 5.75 Å². The molecule has 1 fully saturated rings. The zero-order chi connectivity index (χ0) is 9.47. The topological polar surface area (TPSA) is 29.5 Å². The summed E-state index contributed by atoms with van der Waals surface area (Å²) < 4.78 is 5.23. The molecule has 70 valence electrons. The normalized spacial score (nSPS) is 18.4. The Morgan fingerprint density at radius 2 is 2.08 bits per heavy atom. The van der Waals surface area contributed by atoms with E-state index in [1.807, 2.05) is 25.1 Å². The van der Waals surface area contributed by atoms with Gasteiger partial charge in [-0.15, -0.1) is 0 Å². The van der Waals surface area contributed by atoms with E-state index >= 15 is 0 Å². The Labute approximate surface area is 78.2 Å². The second-order valence-electron chi connectivity index (χ2n) is 3.68. The van der Waals surface area contributed by atoms with Gasteiger partial charge < -0.3 is 9.84 Å². The highest BCUT2D eigenvalue weighted by atomic mass is 16.5. The molecule has 0 heterocycles. The summed E-state index contributed by atoms with van der Waals surface area (Å²) in [4.78, 5) is 0. The van der Waals surface area contributed by atoms with Crippen LogP contribution in [-0.4, -0.2) is 12.2 Å². The first-order valence-corrected chi connectivity index (χ1v) is 4.54. The van der Waals surface area contributed by atoms with Crippen LogP contribution in [0.2, 0.25) is 0 Å². The molecular weight excluding hydrogens is 164 g/mol. The summed E-state index contributed by atoms with van der Waals surface area (Å²) >= 11 is 0. The van der Waals surface area contributed by atoms with Gasteiger partial charge >= 0.3 is 0 Å². The molecule has 1 aliphatic rings. The molecule has 1 aromatic carbocycles. The number of aliphatic hydroxyl groups is 1. The van der Waals surface area contributed by atoms with Crippen molar-refractivity contribution in [1.29, 1.82) is 0 Å². The molecule has 1 saturated carbocycles. The SMILES string of the molecule is COc1cccc(C)c1C1(O)CC1. The van der Waals surface area contributed by atoms with Gasteiger partial charge in [0.1, 0.15) is 5.75 Å². The summed E-state index contributed by atoms with van der Waals surface area (Å²) in [6, 6.07) is 5.86. The zero-order valence-corrected chi connectivity index (χ0v) is 8.00. The minimum Gasteiger partial charge on any atom is -0.496 e. The summed E-state index contributed by atoms with van der Waals surface area (Å²) in [5.41, 5.74) is 1.48. The molecule has 0 aliphatic heterocycles. The van der Waals surface area contributed by atoms with Crippen LogP contribution in [0.25, 0.3) is 0 Å². The van der Waals surface area contributed by atoms with Crippen molar-refractivity contribution in [1.82, 2.24) is 0 Å². The first-order chi connectivity index (χ1) is 6.17. The summed E-state index contributed by atoms with van der Waals surface area (Å²) in [5.74, 6) is 0.806. The highest BCUT2D eigenvalue weighted by Crippen LogP contribution is 2.49. The number of aryl methyl sites for hydroxylation is 1. The monoisotopic (exact) mass is 178 g/mol. The number of ether oxygens (including phenoxy) is 1. The lowest BCUT2D eigenvalue weighted by Gasteiger charge is -2.15. The molecule has 13 heavy (non-hydrogen) atoms. The maximum atomic E-state index is 10.0. The van der Waals surface area contributed by atoms with Crippen molar-refractivity contribution in [3.63, 3.8) is 0 Å². The highest BCUT2D eigenvalue weighted by molar-refractivity contribution is 5.46. The van der Waals surface area contributed by atoms with Crippen LogP contribution in [0, 0.1) is 6.92 Å². The van der Waals surface area contributed by atoms with Crippen molar-refractivity contribution in [2.75, 3.05) is 7.11 Å². The minimum absolute atomic E-state index is 0.601. The van der Waals surface area contributed by atoms with Gasteiger partial charge in [0, 0.05) is 5.56 Å². The molecule has 0 bridgehead atoms. The first kappa shape index (κ1) is 8.57. The maximum absolute atomic E-state index is 10.0. The van der Waals surface area contributed by atoms with Crippen LogP contribution in [-0.2, 0) is 5.60 Å². The van der Waals surface area contributed by atoms with Gasteiger partial charge in [0.05, 0.1) is 12.7 Å². The van der Waals surface area contributed by atoms with Crippen LogP contribution < -0.4 is 4.74 Å². The molecule has 0 saturated heterocycles. The van der Waals surface area contributed by atoms with E-state index in [0.717, 1.165) is 29.7 Å². The van der Waals surface area contributed by atoms with Crippen LogP contribution in [0.3, 0.4) is 0 Å². The number of methoxy groups -OCH3 is 1. The van der Waals surface area contributed by atoms with Gasteiger partial charge in [-0.2, -0.15) is 0 Å². The summed E-state index contributed by atoms with van der Waals surface area (Å²) in [5, 5.41) is 10.0. The van der Waals surface area contributed by atoms with Gasteiger partial charge in [-0.25, -0.2) is 0 Å². The van der Waals surface area contributed by atoms with Gasteiger partial charge in [0.15, 0.2) is 0 Å². The molecule has 0 unspecified atom stereocenters. The van der Waals surface area contributed by atoms with Crippen LogP contribution in [0.4, 0.5) is 0 Å². The van der Waals surface area contributed by atoms with Gasteiger partial charge in [0.2, 0.25) is 0 Å². The van der Waals surface area contributed by atoms with Gasteiger partial charge in [-0.3, -0.25) is 0 Å². The molecule has 0 amide bonds. The van der Waals surface area contributed by atoms with E-state index < -0.39 is 5.60 Å². The number of rotatable bonds is 2. The molecule has 2 heteroatoms. The van der Waals surface area contributed by atoms with E-state index in [0.29, 0.717) is 0 Å². The smallest absolute Gasteiger partial charge is 0.125 e. The average Bonchev–Trinajstić information content (AvgIpc) is 2.84. The third-order valence-electron chi connectivity index (χ3n) is 2.64. The summed E-state index contributed by atoms with van der Waals surface area (Å²) in [6.45, 7) is 2.01. The average molecular weight is 178 g/mol. The van der Waals surface area contributed by atoms with Crippen LogP contribution >= 0.6 is 0 Å². The van der Waals surface area contributed by atoms with Gasteiger partial charge in [-0.1, -0.05) is 12.1 Å². The van der Waals surface area contributed by atoms with Crippen molar-refractivity contribution >= 4 is 0 Å². The maximum Gasteiger partial charge on any atom is 0.125 e. The molecule has 0 atom stereocenters. The molecule has 0 spiro atoms. The Balaban J connectivity index is 2.52. The second kappa shape index (κ2) is 2.74. The molecule has 2 nitrogen and oxygen atoms in total. The Morgan fingerprint density at radius 1 is 1.38 bits per heavy atom. The molecule has 1 N–H and O–H groups in total. The van der Waals surface area contributed by atoms with Crippen molar-refractivity contribution in [3.8, 4) is 5.75 Å². The fourth-order valence-electron chi connectivity index (χ4n) is 1.78. The van der Waals surface area contributed by atoms with Crippen molar-refractivity contribution in [3.05, 3.63) is 29.3 Å². The third-order valence-corrected chi connectivity index (χ3v) is 2.64. The van der Waals surface area contributed by atoms with Gasteiger partial charge in [0.25, 0.3) is 0 Å². The standard InChI is InChI=1S/C11H14O2/c1-8-4-3-5-9(13-2)10(8)11(12)6-7-11/h3-5,12H,6-7H2,1-2H3. The first-order valence-electron chi connectivity index (χ1n) is 4.54. The van der Waals surface area contributed by atoms with E-state index in [-0.39, 0.29) is 0 Å². The highest BCUT2D eigenvalue weighted by Gasteiger charge is 2.45. The third kappa shape index (κ3) is 1.31. The molecule has 0 radical (unpaired) electrons. The Kier molecular flexibility index (Phi) is 1.81. The van der Waals surface area contributed by atoms with E-state index in [1.165, 1.54) is 0 Å². The number of benzene rings is 1. The Bertz CT molecular complexity index is 327. The predicted molar refractivity (Wildman–Crippen MR) is 50.9 cm³/mol. The lowest BCUT2D eigenvalue weighted by atomic mass is 10.0. The fraction of sp³-hybridized carbons (Fsp3) is 0.455. The van der Waals surface area contributed by atoms with E-state index in [4.69, 9.17) is 4.74 Å². The molecule has 2 rings (SSSR count). The van der Waals surface area contributed by atoms with E-state index in [9.17, 15) is 5.11 Å². The second-order valence-corrected chi connectivity index (χ2v) is 3.68. The van der Waals surface area contributed by atoms with Crippen molar-refractivity contribution in [2.24, 2.45) is 0 Å². The molecule has 1 aliphatic carbocycles. The quantitative estimate of drug-likeness (QED) is 0.750. The van der Waals surface area contributed by atoms with E-state index in [2.05, 4.69) is 0 Å². The van der Waals surface area contributed by atoms with Crippen molar-refractivity contribution in [2.45, 2.75) is 25.4 Å². The Morgan fingerprint density at radius 3 is 2.62 bits per heavy atom. The number of hydrogen-bond donors (Lipinski definition) is 1. The summed E-state index contributed by atoms with van der Waals surface area (Å²) in [7, 11) is 1.64.